The SMILES string of the molecule is CCCCCCCCCCCCCCCCCCNC(=O)OCC(F)(F)F. The summed E-state index contributed by atoms with van der Waals surface area (Å²) in [5.41, 5.74) is 0. The minimum Gasteiger partial charge on any atom is -0.440 e. The Morgan fingerprint density at radius 1 is 0.704 bits per heavy atom. The number of hydrogen-bond acceptors (Lipinski definition) is 2. The zero-order valence-corrected chi connectivity index (χ0v) is 17.2. The third kappa shape index (κ3) is 23.0. The summed E-state index contributed by atoms with van der Waals surface area (Å²) >= 11 is 0. The van der Waals surface area contributed by atoms with Gasteiger partial charge in [-0.25, -0.2) is 4.79 Å². The van der Waals surface area contributed by atoms with Crippen LogP contribution in [0.15, 0.2) is 0 Å². The fourth-order valence-electron chi connectivity index (χ4n) is 3.06. The molecule has 0 fully saturated rings. The lowest BCUT2D eigenvalue weighted by Gasteiger charge is -2.09. The number of ether oxygens (including phenoxy) is 1. The van der Waals surface area contributed by atoms with Gasteiger partial charge in [-0.15, -0.1) is 0 Å². The smallest absolute Gasteiger partial charge is 0.422 e. The van der Waals surface area contributed by atoms with E-state index in [1.807, 2.05) is 0 Å². The lowest BCUT2D eigenvalue weighted by atomic mass is 10.0. The van der Waals surface area contributed by atoms with Crippen molar-refractivity contribution >= 4 is 6.09 Å². The average Bonchev–Trinajstić information content (AvgIpc) is 2.62. The lowest BCUT2D eigenvalue weighted by molar-refractivity contribution is -0.160. The third-order valence-corrected chi connectivity index (χ3v) is 4.67. The molecule has 0 saturated heterocycles. The summed E-state index contributed by atoms with van der Waals surface area (Å²) in [5, 5.41) is 2.34. The van der Waals surface area contributed by atoms with E-state index in [1.54, 1.807) is 0 Å². The molecule has 0 aliphatic rings. The van der Waals surface area contributed by atoms with E-state index >= 15 is 0 Å². The number of halogens is 3. The fourth-order valence-corrected chi connectivity index (χ4v) is 3.06. The van der Waals surface area contributed by atoms with E-state index in [0.717, 1.165) is 19.3 Å². The molecule has 0 atom stereocenters. The average molecular weight is 396 g/mol. The van der Waals surface area contributed by atoms with Gasteiger partial charge in [-0.2, -0.15) is 13.2 Å². The van der Waals surface area contributed by atoms with Crippen molar-refractivity contribution in [2.24, 2.45) is 0 Å². The number of unbranched alkanes of at least 4 members (excludes halogenated alkanes) is 15. The van der Waals surface area contributed by atoms with Gasteiger partial charge in [-0.3, -0.25) is 0 Å². The Bertz CT molecular complexity index is 336. The molecule has 0 aromatic heterocycles. The van der Waals surface area contributed by atoms with Crippen molar-refractivity contribution < 1.29 is 22.7 Å². The molecule has 0 aromatic rings. The second-order valence-corrected chi connectivity index (χ2v) is 7.42. The van der Waals surface area contributed by atoms with Crippen LogP contribution < -0.4 is 5.32 Å². The second-order valence-electron chi connectivity index (χ2n) is 7.42. The number of alkyl halides is 3. The van der Waals surface area contributed by atoms with Crippen LogP contribution in [-0.2, 0) is 4.74 Å². The van der Waals surface area contributed by atoms with Gasteiger partial charge >= 0.3 is 12.3 Å². The maximum Gasteiger partial charge on any atom is 0.422 e. The molecule has 0 spiro atoms. The van der Waals surface area contributed by atoms with Crippen molar-refractivity contribution in [1.82, 2.24) is 5.32 Å². The zero-order valence-electron chi connectivity index (χ0n) is 17.2. The molecule has 1 amide bonds. The first-order chi connectivity index (χ1) is 13.0. The van der Waals surface area contributed by atoms with Crippen LogP contribution in [0.5, 0.6) is 0 Å². The largest absolute Gasteiger partial charge is 0.440 e. The number of hydrogen-bond donors (Lipinski definition) is 1. The minimum atomic E-state index is -4.47. The van der Waals surface area contributed by atoms with Crippen molar-refractivity contribution in [1.29, 1.82) is 0 Å². The van der Waals surface area contributed by atoms with E-state index in [2.05, 4.69) is 17.0 Å². The molecule has 0 rings (SSSR count). The van der Waals surface area contributed by atoms with Crippen LogP contribution in [0.1, 0.15) is 110 Å². The van der Waals surface area contributed by atoms with Gasteiger partial charge in [0.1, 0.15) is 0 Å². The quantitative estimate of drug-likeness (QED) is 0.243. The van der Waals surface area contributed by atoms with Crippen LogP contribution in [0.2, 0.25) is 0 Å². The molecule has 0 aliphatic heterocycles. The Kier molecular flexibility index (Phi) is 17.8. The van der Waals surface area contributed by atoms with E-state index in [-0.39, 0.29) is 0 Å². The first-order valence-corrected chi connectivity index (χ1v) is 10.9. The molecule has 0 aromatic carbocycles. The summed E-state index contributed by atoms with van der Waals surface area (Å²) in [6, 6.07) is 0. The molecule has 0 bridgehead atoms. The lowest BCUT2D eigenvalue weighted by Crippen LogP contribution is -2.29. The number of carbonyl (C=O) groups is 1. The number of amides is 1. The molecule has 0 radical (unpaired) electrons. The van der Waals surface area contributed by atoms with Crippen LogP contribution in [0.25, 0.3) is 0 Å². The van der Waals surface area contributed by atoms with Crippen molar-refractivity contribution in [2.45, 2.75) is 116 Å². The standard InChI is InChI=1S/C21H40F3NO2/c1-2-3-4-5-6-7-8-9-10-11-12-13-14-15-16-17-18-25-20(26)27-19-21(22,23)24/h2-19H2,1H3,(H,25,26). The zero-order chi connectivity index (χ0) is 20.2. The van der Waals surface area contributed by atoms with Gasteiger partial charge in [0.05, 0.1) is 0 Å². The number of carbonyl (C=O) groups excluding carboxylic acids is 1. The molecule has 3 nitrogen and oxygen atoms in total. The Morgan fingerprint density at radius 3 is 1.44 bits per heavy atom. The van der Waals surface area contributed by atoms with E-state index in [9.17, 15) is 18.0 Å². The Labute approximate surface area is 163 Å². The highest BCUT2D eigenvalue weighted by Crippen LogP contribution is 2.15. The normalized spacial score (nSPS) is 11.6. The summed E-state index contributed by atoms with van der Waals surface area (Å²) < 4.78 is 39.6. The van der Waals surface area contributed by atoms with Gasteiger partial charge in [0.25, 0.3) is 0 Å². The summed E-state index contributed by atoms with van der Waals surface area (Å²) in [7, 11) is 0. The fraction of sp³-hybridized carbons (Fsp3) is 0.952. The molecule has 162 valence electrons. The van der Waals surface area contributed by atoms with Crippen LogP contribution in [0.3, 0.4) is 0 Å². The number of alkyl carbamates (subject to hydrolysis) is 1. The van der Waals surface area contributed by atoms with E-state index < -0.39 is 18.9 Å². The Morgan fingerprint density at radius 2 is 1.07 bits per heavy atom. The highest BCUT2D eigenvalue weighted by atomic mass is 19.4. The topological polar surface area (TPSA) is 38.3 Å². The Hall–Kier alpha value is -0.940. The number of rotatable bonds is 18. The summed E-state index contributed by atoms with van der Waals surface area (Å²) in [6.07, 6.45) is 14.8. The second kappa shape index (κ2) is 18.4. The molecule has 27 heavy (non-hydrogen) atoms. The highest BCUT2D eigenvalue weighted by molar-refractivity contribution is 5.67. The molecule has 0 saturated carbocycles. The molecule has 0 aliphatic carbocycles. The molecule has 6 heteroatoms. The molecule has 0 heterocycles. The van der Waals surface area contributed by atoms with Crippen molar-refractivity contribution in [3.05, 3.63) is 0 Å². The monoisotopic (exact) mass is 395 g/mol. The van der Waals surface area contributed by atoms with Gasteiger partial charge in [0.15, 0.2) is 6.61 Å². The van der Waals surface area contributed by atoms with Crippen LogP contribution in [0, 0.1) is 0 Å². The van der Waals surface area contributed by atoms with E-state index in [1.165, 1.54) is 83.5 Å². The summed E-state index contributed by atoms with van der Waals surface area (Å²) in [4.78, 5) is 11.0. The maximum absolute atomic E-state index is 11.9. The van der Waals surface area contributed by atoms with Crippen LogP contribution in [-0.4, -0.2) is 25.4 Å². The molecular formula is C21H40F3NO2. The summed E-state index contributed by atoms with van der Waals surface area (Å²) in [5.74, 6) is 0. The first-order valence-electron chi connectivity index (χ1n) is 10.9. The van der Waals surface area contributed by atoms with Gasteiger partial charge in [0.2, 0.25) is 0 Å². The minimum absolute atomic E-state index is 0.370. The molecular weight excluding hydrogens is 355 g/mol. The van der Waals surface area contributed by atoms with Crippen molar-refractivity contribution in [2.75, 3.05) is 13.2 Å². The molecule has 1 N–H and O–H groups in total. The van der Waals surface area contributed by atoms with Crippen LogP contribution >= 0.6 is 0 Å². The van der Waals surface area contributed by atoms with E-state index in [4.69, 9.17) is 0 Å². The predicted octanol–water partition coefficient (Wildman–Crippen LogP) is 7.54. The van der Waals surface area contributed by atoms with Gasteiger partial charge < -0.3 is 10.1 Å². The van der Waals surface area contributed by atoms with Gasteiger partial charge in [-0.05, 0) is 6.42 Å². The van der Waals surface area contributed by atoms with Gasteiger partial charge in [0, 0.05) is 6.54 Å². The summed E-state index contributed by atoms with van der Waals surface area (Å²) in [6.45, 7) is 1.09. The molecule has 0 unspecified atom stereocenters. The van der Waals surface area contributed by atoms with Gasteiger partial charge in [-0.1, -0.05) is 103 Å². The van der Waals surface area contributed by atoms with Crippen molar-refractivity contribution in [3.63, 3.8) is 0 Å². The predicted molar refractivity (Wildman–Crippen MR) is 105 cm³/mol. The number of nitrogens with one attached hydrogen (secondary N) is 1. The van der Waals surface area contributed by atoms with Crippen LogP contribution in [0.4, 0.5) is 18.0 Å². The Balaban J connectivity index is 3.14. The highest BCUT2D eigenvalue weighted by Gasteiger charge is 2.29. The van der Waals surface area contributed by atoms with E-state index in [0.29, 0.717) is 6.54 Å². The first kappa shape index (κ1) is 26.1. The third-order valence-electron chi connectivity index (χ3n) is 4.67. The maximum atomic E-state index is 11.9. The van der Waals surface area contributed by atoms with Crippen molar-refractivity contribution in [3.8, 4) is 0 Å².